The average molecular weight is 338 g/mol. The summed E-state index contributed by atoms with van der Waals surface area (Å²) in [5.74, 6) is -0.333. The molecule has 0 aliphatic heterocycles. The molecule has 7 heteroatoms. The number of nitrogens with one attached hydrogen (secondary N) is 1. The number of nitrogens with two attached hydrogens (primary N) is 1. The Morgan fingerprint density at radius 3 is 2.76 bits per heavy atom. The summed E-state index contributed by atoms with van der Waals surface area (Å²) in [7, 11) is 3.86. The van der Waals surface area contributed by atoms with Crippen LogP contribution in [-0.4, -0.2) is 35.0 Å². The molecule has 0 atom stereocenters. The van der Waals surface area contributed by atoms with Crippen molar-refractivity contribution in [3.05, 3.63) is 60.7 Å². The standard InChI is InChI=1S/C18H18N6O.2H2/c1-24(2)14-7-3-6-13(9-14)22-18(25)16-17(19)21-11-15(23-16)12-5-4-8-20-10-12;;/h3-11H,1-2H3,(H2,19,21)(H,22,25);2*1H. The smallest absolute Gasteiger partial charge is 0.278 e. The van der Waals surface area contributed by atoms with E-state index in [0.717, 1.165) is 11.3 Å². The minimum absolute atomic E-state index is 0. The summed E-state index contributed by atoms with van der Waals surface area (Å²) in [5, 5.41) is 2.81. The van der Waals surface area contributed by atoms with Gasteiger partial charge in [-0.05, 0) is 30.3 Å². The van der Waals surface area contributed by atoms with Gasteiger partial charge >= 0.3 is 0 Å². The molecule has 1 amide bonds. The Morgan fingerprint density at radius 1 is 1.20 bits per heavy atom. The third-order valence-corrected chi connectivity index (χ3v) is 3.59. The molecule has 0 saturated carbocycles. The molecule has 2 heterocycles. The normalized spacial score (nSPS) is 10.3. The molecule has 25 heavy (non-hydrogen) atoms. The zero-order chi connectivity index (χ0) is 17.8. The first kappa shape index (κ1) is 16.4. The van der Waals surface area contributed by atoms with E-state index >= 15 is 0 Å². The summed E-state index contributed by atoms with van der Waals surface area (Å²) < 4.78 is 0. The number of carbonyl (C=O) groups excluding carboxylic acids is 1. The van der Waals surface area contributed by atoms with Crippen molar-refractivity contribution >= 4 is 23.1 Å². The number of aromatic nitrogens is 3. The van der Waals surface area contributed by atoms with E-state index in [2.05, 4.69) is 20.3 Å². The number of anilines is 3. The van der Waals surface area contributed by atoms with Crippen molar-refractivity contribution in [1.29, 1.82) is 0 Å². The third-order valence-electron chi connectivity index (χ3n) is 3.59. The maximum absolute atomic E-state index is 12.6. The van der Waals surface area contributed by atoms with Crippen LogP contribution in [-0.2, 0) is 0 Å². The lowest BCUT2D eigenvalue weighted by molar-refractivity contribution is 0.102. The zero-order valence-electron chi connectivity index (χ0n) is 14.0. The molecule has 0 radical (unpaired) electrons. The number of rotatable bonds is 4. The summed E-state index contributed by atoms with van der Waals surface area (Å²) >= 11 is 0. The second-order valence-corrected chi connectivity index (χ2v) is 5.63. The van der Waals surface area contributed by atoms with Gasteiger partial charge in [-0.15, -0.1) is 0 Å². The van der Waals surface area contributed by atoms with E-state index in [1.807, 2.05) is 43.3 Å². The number of nitrogens with zero attached hydrogens (tertiary/aromatic N) is 4. The van der Waals surface area contributed by atoms with Crippen LogP contribution in [0.15, 0.2) is 55.0 Å². The van der Waals surface area contributed by atoms with Crippen LogP contribution in [0, 0.1) is 0 Å². The van der Waals surface area contributed by atoms with Crippen molar-refractivity contribution in [3.63, 3.8) is 0 Å². The molecule has 1 aromatic carbocycles. The highest BCUT2D eigenvalue weighted by molar-refractivity contribution is 6.06. The number of carbonyl (C=O) groups is 1. The molecule has 130 valence electrons. The van der Waals surface area contributed by atoms with Crippen molar-refractivity contribution in [2.24, 2.45) is 0 Å². The van der Waals surface area contributed by atoms with Crippen LogP contribution in [0.25, 0.3) is 11.3 Å². The maximum Gasteiger partial charge on any atom is 0.278 e. The van der Waals surface area contributed by atoms with Crippen LogP contribution in [0.5, 0.6) is 0 Å². The zero-order valence-corrected chi connectivity index (χ0v) is 14.0. The number of hydrogen-bond donors (Lipinski definition) is 2. The Hall–Kier alpha value is -3.48. The lowest BCUT2D eigenvalue weighted by Gasteiger charge is -2.14. The maximum atomic E-state index is 12.6. The van der Waals surface area contributed by atoms with Gasteiger partial charge in [-0.2, -0.15) is 0 Å². The quantitative estimate of drug-likeness (QED) is 0.759. The van der Waals surface area contributed by atoms with Crippen molar-refractivity contribution < 1.29 is 7.65 Å². The van der Waals surface area contributed by atoms with Crippen LogP contribution >= 0.6 is 0 Å². The molecule has 3 aromatic rings. The lowest BCUT2D eigenvalue weighted by atomic mass is 10.2. The summed E-state index contributed by atoms with van der Waals surface area (Å²) in [6.07, 6.45) is 4.85. The molecule has 3 N–H and O–H groups in total. The molecule has 0 aliphatic carbocycles. The first-order valence-electron chi connectivity index (χ1n) is 7.66. The van der Waals surface area contributed by atoms with E-state index in [-0.39, 0.29) is 14.4 Å². The topological polar surface area (TPSA) is 97.0 Å². The third kappa shape index (κ3) is 3.72. The van der Waals surface area contributed by atoms with Gasteiger partial charge in [0.1, 0.15) is 0 Å². The minimum Gasteiger partial charge on any atom is -0.382 e. The molecule has 0 fully saturated rings. The first-order chi connectivity index (χ1) is 12.0. The van der Waals surface area contributed by atoms with E-state index < -0.39 is 5.91 Å². The summed E-state index contributed by atoms with van der Waals surface area (Å²) in [6.45, 7) is 0. The van der Waals surface area contributed by atoms with Gasteiger partial charge < -0.3 is 16.0 Å². The first-order valence-corrected chi connectivity index (χ1v) is 7.66. The van der Waals surface area contributed by atoms with E-state index in [1.54, 1.807) is 24.5 Å². The number of benzene rings is 1. The van der Waals surface area contributed by atoms with Crippen molar-refractivity contribution in [2.45, 2.75) is 0 Å². The van der Waals surface area contributed by atoms with Crippen molar-refractivity contribution in [3.8, 4) is 11.3 Å². The van der Waals surface area contributed by atoms with Crippen LogP contribution < -0.4 is 16.0 Å². The Bertz CT molecular complexity index is 905. The fourth-order valence-electron chi connectivity index (χ4n) is 2.27. The Balaban J connectivity index is 0.00000182. The molecule has 7 nitrogen and oxygen atoms in total. The predicted octanol–water partition coefficient (Wildman–Crippen LogP) is 2.93. The van der Waals surface area contributed by atoms with Gasteiger partial charge in [0.25, 0.3) is 5.91 Å². The Labute approximate surface area is 148 Å². The highest BCUT2D eigenvalue weighted by Gasteiger charge is 2.15. The molecule has 0 spiro atoms. The van der Waals surface area contributed by atoms with Gasteiger partial charge in [-0.1, -0.05) is 6.07 Å². The van der Waals surface area contributed by atoms with Gasteiger partial charge in [0.2, 0.25) is 0 Å². The Morgan fingerprint density at radius 2 is 2.04 bits per heavy atom. The number of nitrogen functional groups attached to an aromatic ring is 1. The Kier molecular flexibility index (Phi) is 4.56. The minimum atomic E-state index is -0.411. The van der Waals surface area contributed by atoms with Crippen LogP contribution in [0.1, 0.15) is 13.3 Å². The second-order valence-electron chi connectivity index (χ2n) is 5.63. The predicted molar refractivity (Wildman–Crippen MR) is 103 cm³/mol. The molecular weight excluding hydrogens is 316 g/mol. The van der Waals surface area contributed by atoms with E-state index in [4.69, 9.17) is 5.73 Å². The van der Waals surface area contributed by atoms with Crippen LogP contribution in [0.2, 0.25) is 0 Å². The van der Waals surface area contributed by atoms with Crippen molar-refractivity contribution in [1.82, 2.24) is 15.0 Å². The van der Waals surface area contributed by atoms with Crippen LogP contribution in [0.4, 0.5) is 17.2 Å². The van der Waals surface area contributed by atoms with Gasteiger partial charge in [0, 0.05) is 46.3 Å². The largest absolute Gasteiger partial charge is 0.382 e. The molecule has 0 unspecified atom stereocenters. The molecule has 3 rings (SSSR count). The number of hydrogen-bond acceptors (Lipinski definition) is 6. The summed E-state index contributed by atoms with van der Waals surface area (Å²) in [4.78, 5) is 27.0. The fourth-order valence-corrected chi connectivity index (χ4v) is 2.27. The lowest BCUT2D eigenvalue weighted by Crippen LogP contribution is -2.17. The molecule has 0 bridgehead atoms. The fraction of sp³-hybridized carbons (Fsp3) is 0.111. The summed E-state index contributed by atoms with van der Waals surface area (Å²) in [5.41, 5.74) is 8.85. The molecule has 0 saturated heterocycles. The van der Waals surface area contributed by atoms with E-state index in [9.17, 15) is 4.79 Å². The second kappa shape index (κ2) is 6.96. The highest BCUT2D eigenvalue weighted by Crippen LogP contribution is 2.20. The number of amides is 1. The van der Waals surface area contributed by atoms with E-state index in [1.165, 1.54) is 6.20 Å². The highest BCUT2D eigenvalue weighted by atomic mass is 16.1. The molecular formula is C18H22N6O. The summed E-state index contributed by atoms with van der Waals surface area (Å²) in [6, 6.07) is 11.1. The van der Waals surface area contributed by atoms with Gasteiger partial charge in [0.05, 0.1) is 11.9 Å². The van der Waals surface area contributed by atoms with Crippen molar-refractivity contribution in [2.75, 3.05) is 30.0 Å². The monoisotopic (exact) mass is 338 g/mol. The average Bonchev–Trinajstić information content (AvgIpc) is 2.63. The van der Waals surface area contributed by atoms with Crippen LogP contribution in [0.3, 0.4) is 0 Å². The van der Waals surface area contributed by atoms with Gasteiger partial charge in [-0.3, -0.25) is 9.78 Å². The number of pyridine rings is 1. The van der Waals surface area contributed by atoms with Gasteiger partial charge in [0.15, 0.2) is 11.5 Å². The molecule has 2 aromatic heterocycles. The molecule has 0 aliphatic rings. The van der Waals surface area contributed by atoms with Gasteiger partial charge in [-0.25, -0.2) is 9.97 Å². The van der Waals surface area contributed by atoms with E-state index in [0.29, 0.717) is 11.4 Å². The SMILES string of the molecule is CN(C)c1cccc(NC(=O)c2nc(-c3cccnc3)cnc2N)c1.[HH].[HH].